The number of anilines is 2. The summed E-state index contributed by atoms with van der Waals surface area (Å²) in [6.45, 7) is 0. The fourth-order valence-electron chi connectivity index (χ4n) is 2.26. The van der Waals surface area contributed by atoms with Gasteiger partial charge in [-0.1, -0.05) is 30.3 Å². The van der Waals surface area contributed by atoms with Crippen molar-refractivity contribution in [1.29, 1.82) is 0 Å². The summed E-state index contributed by atoms with van der Waals surface area (Å²) in [6, 6.07) is 21.6. The Morgan fingerprint density at radius 3 is 2.08 bits per heavy atom. The largest absolute Gasteiger partial charge is 0.321 e. The van der Waals surface area contributed by atoms with Gasteiger partial charge in [0.05, 0.1) is 10.6 Å². The summed E-state index contributed by atoms with van der Waals surface area (Å²) < 4.78 is 27.9. The van der Waals surface area contributed by atoms with Crippen LogP contribution in [0.25, 0.3) is 0 Å². The molecule has 0 heterocycles. The second-order valence-corrected chi connectivity index (χ2v) is 7.97. The SMILES string of the molecule is O=C(Nc1ccccc1Br)c1ccc(NS(=O)(=O)c2ccccc2)cc1. The van der Waals surface area contributed by atoms with Gasteiger partial charge in [-0.05, 0) is 64.5 Å². The van der Waals surface area contributed by atoms with Crippen molar-refractivity contribution in [2.75, 3.05) is 10.0 Å². The molecule has 5 nitrogen and oxygen atoms in total. The Hall–Kier alpha value is -2.64. The average Bonchev–Trinajstić information content (AvgIpc) is 2.64. The monoisotopic (exact) mass is 430 g/mol. The molecule has 0 radical (unpaired) electrons. The van der Waals surface area contributed by atoms with E-state index in [0.29, 0.717) is 16.9 Å². The predicted molar refractivity (Wildman–Crippen MR) is 106 cm³/mol. The summed E-state index contributed by atoms with van der Waals surface area (Å²) >= 11 is 3.37. The molecule has 3 aromatic carbocycles. The summed E-state index contributed by atoms with van der Waals surface area (Å²) in [5, 5.41) is 2.80. The highest BCUT2D eigenvalue weighted by molar-refractivity contribution is 9.10. The normalized spacial score (nSPS) is 11.0. The van der Waals surface area contributed by atoms with E-state index in [0.717, 1.165) is 4.47 Å². The molecule has 0 aliphatic carbocycles. The molecule has 26 heavy (non-hydrogen) atoms. The number of hydrogen-bond acceptors (Lipinski definition) is 3. The number of hydrogen-bond donors (Lipinski definition) is 2. The lowest BCUT2D eigenvalue weighted by molar-refractivity contribution is 0.102. The maximum atomic E-state index is 12.3. The van der Waals surface area contributed by atoms with Crippen molar-refractivity contribution in [1.82, 2.24) is 0 Å². The fraction of sp³-hybridized carbons (Fsp3) is 0. The Balaban J connectivity index is 1.72. The number of para-hydroxylation sites is 1. The van der Waals surface area contributed by atoms with Crippen LogP contribution in [0, 0.1) is 0 Å². The van der Waals surface area contributed by atoms with Gasteiger partial charge < -0.3 is 5.32 Å². The molecule has 0 spiro atoms. The van der Waals surface area contributed by atoms with Crippen molar-refractivity contribution in [3.63, 3.8) is 0 Å². The lowest BCUT2D eigenvalue weighted by Crippen LogP contribution is -2.14. The molecule has 2 N–H and O–H groups in total. The van der Waals surface area contributed by atoms with Crippen LogP contribution in [0.2, 0.25) is 0 Å². The molecule has 1 amide bonds. The smallest absolute Gasteiger partial charge is 0.261 e. The minimum Gasteiger partial charge on any atom is -0.321 e. The van der Waals surface area contributed by atoms with Crippen molar-refractivity contribution in [2.45, 2.75) is 4.90 Å². The Morgan fingerprint density at radius 1 is 0.808 bits per heavy atom. The van der Waals surface area contributed by atoms with E-state index in [1.54, 1.807) is 48.5 Å². The second-order valence-electron chi connectivity index (χ2n) is 5.43. The number of nitrogens with one attached hydrogen (secondary N) is 2. The maximum absolute atomic E-state index is 12.3. The lowest BCUT2D eigenvalue weighted by atomic mass is 10.2. The van der Waals surface area contributed by atoms with E-state index in [-0.39, 0.29) is 10.8 Å². The van der Waals surface area contributed by atoms with Gasteiger partial charge in [0, 0.05) is 15.7 Å². The molecule has 0 aliphatic rings. The molecule has 0 aliphatic heterocycles. The number of amides is 1. The molecule has 0 saturated carbocycles. The van der Waals surface area contributed by atoms with E-state index in [1.807, 2.05) is 18.2 Å². The molecule has 132 valence electrons. The molecule has 0 saturated heterocycles. The van der Waals surface area contributed by atoms with Crippen LogP contribution in [0.1, 0.15) is 10.4 Å². The Labute approximate surface area is 160 Å². The van der Waals surface area contributed by atoms with Gasteiger partial charge in [0.1, 0.15) is 0 Å². The Bertz CT molecular complexity index is 1020. The first-order chi connectivity index (χ1) is 12.5. The first-order valence-corrected chi connectivity index (χ1v) is 9.97. The third-order valence-corrected chi connectivity index (χ3v) is 5.66. The van der Waals surface area contributed by atoms with Crippen molar-refractivity contribution < 1.29 is 13.2 Å². The Kier molecular flexibility index (Phi) is 5.39. The molecule has 0 fully saturated rings. The van der Waals surface area contributed by atoms with Gasteiger partial charge in [0.15, 0.2) is 0 Å². The van der Waals surface area contributed by atoms with Gasteiger partial charge in [0.25, 0.3) is 15.9 Å². The van der Waals surface area contributed by atoms with Crippen LogP contribution in [0.15, 0.2) is 88.2 Å². The van der Waals surface area contributed by atoms with Crippen molar-refractivity contribution in [3.05, 3.63) is 88.9 Å². The van der Waals surface area contributed by atoms with Crippen LogP contribution < -0.4 is 10.0 Å². The third-order valence-electron chi connectivity index (χ3n) is 3.57. The predicted octanol–water partition coefficient (Wildman–Crippen LogP) is 4.50. The highest BCUT2D eigenvalue weighted by Crippen LogP contribution is 2.22. The zero-order valence-corrected chi connectivity index (χ0v) is 15.9. The third kappa shape index (κ3) is 4.30. The zero-order chi connectivity index (χ0) is 18.6. The molecule has 3 rings (SSSR count). The highest BCUT2D eigenvalue weighted by Gasteiger charge is 2.14. The van der Waals surface area contributed by atoms with Gasteiger partial charge in [-0.15, -0.1) is 0 Å². The number of rotatable bonds is 5. The summed E-state index contributed by atoms with van der Waals surface area (Å²) in [7, 11) is -3.66. The summed E-state index contributed by atoms with van der Waals surface area (Å²) in [5.41, 5.74) is 1.46. The van der Waals surface area contributed by atoms with Gasteiger partial charge in [0.2, 0.25) is 0 Å². The molecular weight excluding hydrogens is 416 g/mol. The van der Waals surface area contributed by atoms with Crippen molar-refractivity contribution >= 4 is 43.2 Å². The van der Waals surface area contributed by atoms with Gasteiger partial charge in [-0.2, -0.15) is 0 Å². The average molecular weight is 431 g/mol. The molecule has 0 unspecified atom stereocenters. The highest BCUT2D eigenvalue weighted by atomic mass is 79.9. The molecular formula is C19H15BrN2O3S. The minimum atomic E-state index is -3.66. The van der Waals surface area contributed by atoms with E-state index in [1.165, 1.54) is 12.1 Å². The van der Waals surface area contributed by atoms with Gasteiger partial charge in [-0.3, -0.25) is 9.52 Å². The van der Waals surface area contributed by atoms with Crippen LogP contribution >= 0.6 is 15.9 Å². The lowest BCUT2D eigenvalue weighted by Gasteiger charge is -2.10. The molecule has 0 bridgehead atoms. The molecule has 3 aromatic rings. The quantitative estimate of drug-likeness (QED) is 0.625. The first kappa shape index (κ1) is 18.2. The molecule has 7 heteroatoms. The van der Waals surface area contributed by atoms with E-state index >= 15 is 0 Å². The van der Waals surface area contributed by atoms with E-state index < -0.39 is 10.0 Å². The number of carbonyl (C=O) groups is 1. The first-order valence-electron chi connectivity index (χ1n) is 7.69. The van der Waals surface area contributed by atoms with Crippen molar-refractivity contribution in [2.24, 2.45) is 0 Å². The fourth-order valence-corrected chi connectivity index (χ4v) is 3.72. The van der Waals surface area contributed by atoms with Crippen LogP contribution in [0.5, 0.6) is 0 Å². The minimum absolute atomic E-state index is 0.177. The van der Waals surface area contributed by atoms with E-state index in [2.05, 4.69) is 26.0 Å². The second kappa shape index (κ2) is 7.72. The van der Waals surface area contributed by atoms with E-state index in [4.69, 9.17) is 0 Å². The summed E-state index contributed by atoms with van der Waals surface area (Å²) in [6.07, 6.45) is 0. The van der Waals surface area contributed by atoms with Crippen LogP contribution in [-0.4, -0.2) is 14.3 Å². The zero-order valence-electron chi connectivity index (χ0n) is 13.5. The maximum Gasteiger partial charge on any atom is 0.261 e. The summed E-state index contributed by atoms with van der Waals surface area (Å²) in [4.78, 5) is 12.5. The topological polar surface area (TPSA) is 75.3 Å². The van der Waals surface area contributed by atoms with Gasteiger partial charge >= 0.3 is 0 Å². The number of sulfonamides is 1. The van der Waals surface area contributed by atoms with Crippen LogP contribution in [-0.2, 0) is 10.0 Å². The molecule has 0 atom stereocenters. The van der Waals surface area contributed by atoms with Crippen LogP contribution in [0.3, 0.4) is 0 Å². The Morgan fingerprint density at radius 2 is 1.42 bits per heavy atom. The summed E-state index contributed by atoms with van der Waals surface area (Å²) in [5.74, 6) is -0.283. The number of halogens is 1. The van der Waals surface area contributed by atoms with E-state index in [9.17, 15) is 13.2 Å². The number of carbonyl (C=O) groups excluding carboxylic acids is 1. The van der Waals surface area contributed by atoms with Crippen LogP contribution in [0.4, 0.5) is 11.4 Å². The van der Waals surface area contributed by atoms with Gasteiger partial charge in [-0.25, -0.2) is 8.42 Å². The number of benzene rings is 3. The van der Waals surface area contributed by atoms with Crippen molar-refractivity contribution in [3.8, 4) is 0 Å². The molecule has 0 aromatic heterocycles. The standard InChI is InChI=1S/C19H15BrN2O3S/c20-17-8-4-5-9-18(17)21-19(23)14-10-12-15(13-11-14)22-26(24,25)16-6-2-1-3-7-16/h1-13,22H,(H,21,23).